The number of halogens is 2. The van der Waals surface area contributed by atoms with Gasteiger partial charge in [0.15, 0.2) is 15.8 Å². The number of nitrogens with one attached hydrogen (secondary N) is 1. The van der Waals surface area contributed by atoms with E-state index in [2.05, 4.69) is 5.43 Å². The Morgan fingerprint density at radius 3 is 2.37 bits per heavy atom. The van der Waals surface area contributed by atoms with Crippen molar-refractivity contribution in [2.24, 2.45) is 0 Å². The molecule has 1 fully saturated rings. The molecule has 0 spiro atoms. The van der Waals surface area contributed by atoms with Crippen molar-refractivity contribution in [3.05, 3.63) is 98.4 Å². The predicted molar refractivity (Wildman–Crippen MR) is 143 cm³/mol. The van der Waals surface area contributed by atoms with Crippen molar-refractivity contribution in [2.75, 3.05) is 7.11 Å². The lowest BCUT2D eigenvalue weighted by Crippen LogP contribution is -2.44. The van der Waals surface area contributed by atoms with E-state index in [9.17, 15) is 9.59 Å². The topological polar surface area (TPSA) is 67.9 Å². The predicted octanol–water partition coefficient (Wildman–Crippen LogP) is 6.13. The van der Waals surface area contributed by atoms with Crippen molar-refractivity contribution < 1.29 is 19.1 Å². The van der Waals surface area contributed by atoms with Gasteiger partial charge >= 0.3 is 0 Å². The van der Waals surface area contributed by atoms with Gasteiger partial charge in [-0.25, -0.2) is 0 Å². The molecule has 1 saturated heterocycles. The van der Waals surface area contributed by atoms with Gasteiger partial charge in [-0.2, -0.15) is 5.01 Å². The lowest BCUT2D eigenvalue weighted by atomic mass is 10.1. The third-order valence-corrected chi connectivity index (χ3v) is 6.73. The van der Waals surface area contributed by atoms with Crippen molar-refractivity contribution in [2.45, 2.75) is 6.61 Å². The molecule has 35 heavy (non-hydrogen) atoms. The summed E-state index contributed by atoms with van der Waals surface area (Å²) >= 11 is 18.2. The van der Waals surface area contributed by atoms with E-state index < -0.39 is 11.8 Å². The zero-order chi connectivity index (χ0) is 24.9. The Morgan fingerprint density at radius 1 is 1.06 bits per heavy atom. The van der Waals surface area contributed by atoms with Gasteiger partial charge in [0.25, 0.3) is 11.8 Å². The molecule has 0 bridgehead atoms. The smallest absolute Gasteiger partial charge is 0.285 e. The molecule has 0 unspecified atom stereocenters. The largest absolute Gasteiger partial charge is 0.493 e. The Hall–Kier alpha value is -3.04. The molecule has 0 saturated carbocycles. The number of para-hydroxylation sites is 1. The third kappa shape index (κ3) is 5.97. The van der Waals surface area contributed by atoms with Crippen LogP contribution >= 0.6 is 47.2 Å². The average molecular weight is 545 g/mol. The van der Waals surface area contributed by atoms with Crippen molar-refractivity contribution in [3.8, 4) is 11.5 Å². The van der Waals surface area contributed by atoms with Crippen LogP contribution in [0, 0.1) is 0 Å². The number of thiocarbonyl (C=S) groups is 1. The summed E-state index contributed by atoms with van der Waals surface area (Å²) in [5.41, 5.74) is 4.44. The Kier molecular flexibility index (Phi) is 7.97. The minimum Gasteiger partial charge on any atom is -0.493 e. The number of benzene rings is 3. The molecule has 6 nitrogen and oxygen atoms in total. The highest BCUT2D eigenvalue weighted by atomic mass is 35.5. The van der Waals surface area contributed by atoms with Gasteiger partial charge in [-0.05, 0) is 66.3 Å². The Bertz CT molecular complexity index is 1310. The highest BCUT2D eigenvalue weighted by Crippen LogP contribution is 2.37. The number of hydrogen-bond acceptors (Lipinski definition) is 6. The summed E-state index contributed by atoms with van der Waals surface area (Å²) in [7, 11) is 1.54. The summed E-state index contributed by atoms with van der Waals surface area (Å²) in [6, 6.07) is 19.0. The quantitative estimate of drug-likeness (QED) is 0.285. The van der Waals surface area contributed by atoms with Crippen molar-refractivity contribution in [3.63, 3.8) is 0 Å². The normalized spacial score (nSPS) is 14.4. The van der Waals surface area contributed by atoms with Crippen LogP contribution in [0.2, 0.25) is 10.0 Å². The molecule has 0 aromatic heterocycles. The fourth-order valence-electron chi connectivity index (χ4n) is 3.17. The number of hydrazine groups is 1. The molecule has 1 aliphatic rings. The Morgan fingerprint density at radius 2 is 1.71 bits per heavy atom. The monoisotopic (exact) mass is 544 g/mol. The maximum Gasteiger partial charge on any atom is 0.285 e. The van der Waals surface area contributed by atoms with Crippen LogP contribution in [0.5, 0.6) is 11.5 Å². The molecule has 0 atom stereocenters. The molecule has 178 valence electrons. The van der Waals surface area contributed by atoms with Crippen LogP contribution < -0.4 is 14.9 Å². The first-order chi connectivity index (χ1) is 16.9. The molecule has 1 aliphatic heterocycles. The van der Waals surface area contributed by atoms with E-state index in [1.165, 1.54) is 0 Å². The van der Waals surface area contributed by atoms with Gasteiger partial charge in [0, 0.05) is 21.2 Å². The second-order valence-electron chi connectivity index (χ2n) is 7.26. The molecule has 0 radical (unpaired) electrons. The second kappa shape index (κ2) is 11.1. The van der Waals surface area contributed by atoms with Crippen LogP contribution in [0.3, 0.4) is 0 Å². The lowest BCUT2D eigenvalue weighted by molar-refractivity contribution is -0.123. The van der Waals surface area contributed by atoms with E-state index in [4.69, 9.17) is 44.9 Å². The van der Waals surface area contributed by atoms with E-state index in [1.807, 2.05) is 12.1 Å². The molecule has 3 aromatic carbocycles. The number of rotatable bonds is 7. The average Bonchev–Trinajstić information content (AvgIpc) is 3.11. The molecular formula is C25H18Cl2N2O4S2. The SMILES string of the molecule is COc1cccc(/C=C2/SC(=S)N(NC(=O)c3ccc(Cl)cc3)C2=O)c1OCc1ccc(Cl)cc1. The molecular weight excluding hydrogens is 527 g/mol. The highest BCUT2D eigenvalue weighted by molar-refractivity contribution is 8.26. The van der Waals surface area contributed by atoms with Gasteiger partial charge in [-0.3, -0.25) is 15.0 Å². The van der Waals surface area contributed by atoms with Crippen LogP contribution in [0.4, 0.5) is 0 Å². The number of nitrogens with zero attached hydrogens (tertiary/aromatic N) is 1. The van der Waals surface area contributed by atoms with E-state index >= 15 is 0 Å². The van der Waals surface area contributed by atoms with E-state index in [-0.39, 0.29) is 10.9 Å². The van der Waals surface area contributed by atoms with Gasteiger partial charge in [0.05, 0.1) is 12.0 Å². The minimum atomic E-state index is -0.479. The summed E-state index contributed by atoms with van der Waals surface area (Å²) in [4.78, 5) is 25.9. The van der Waals surface area contributed by atoms with Crippen LogP contribution in [0.25, 0.3) is 6.08 Å². The van der Waals surface area contributed by atoms with Crippen LogP contribution in [0.15, 0.2) is 71.6 Å². The van der Waals surface area contributed by atoms with Gasteiger partial charge in [0.2, 0.25) is 0 Å². The van der Waals surface area contributed by atoms with Crippen LogP contribution in [-0.2, 0) is 11.4 Å². The van der Waals surface area contributed by atoms with Crippen molar-refractivity contribution in [1.29, 1.82) is 0 Å². The summed E-state index contributed by atoms with van der Waals surface area (Å²) in [6.07, 6.45) is 1.66. The number of amides is 2. The van der Waals surface area contributed by atoms with Crippen LogP contribution in [-0.4, -0.2) is 28.3 Å². The maximum absolute atomic E-state index is 13.0. The van der Waals surface area contributed by atoms with Crippen molar-refractivity contribution in [1.82, 2.24) is 10.4 Å². The molecule has 10 heteroatoms. The Labute approximate surface area is 221 Å². The Balaban J connectivity index is 1.55. The number of carbonyl (C=O) groups excluding carboxylic acids is 2. The first kappa shape index (κ1) is 25.1. The van der Waals surface area contributed by atoms with E-state index in [0.29, 0.717) is 37.6 Å². The van der Waals surface area contributed by atoms with Gasteiger partial charge in [-0.15, -0.1) is 0 Å². The molecule has 1 N–H and O–H groups in total. The summed E-state index contributed by atoms with van der Waals surface area (Å²) in [5.74, 6) is 0.0565. The zero-order valence-electron chi connectivity index (χ0n) is 18.3. The van der Waals surface area contributed by atoms with E-state index in [0.717, 1.165) is 22.3 Å². The zero-order valence-corrected chi connectivity index (χ0v) is 21.4. The third-order valence-electron chi connectivity index (χ3n) is 4.93. The maximum atomic E-state index is 13.0. The fraction of sp³-hybridized carbons (Fsp3) is 0.0800. The number of thioether (sulfide) groups is 1. The molecule has 3 aromatic rings. The summed E-state index contributed by atoms with van der Waals surface area (Å²) in [5, 5.41) is 2.19. The van der Waals surface area contributed by atoms with E-state index in [1.54, 1.807) is 67.8 Å². The molecule has 1 heterocycles. The first-order valence-corrected chi connectivity index (χ1v) is 12.2. The summed E-state index contributed by atoms with van der Waals surface area (Å²) < 4.78 is 11.7. The first-order valence-electron chi connectivity index (χ1n) is 10.2. The molecule has 4 rings (SSSR count). The van der Waals surface area contributed by atoms with Gasteiger partial charge in [-0.1, -0.05) is 59.2 Å². The highest BCUT2D eigenvalue weighted by Gasteiger charge is 2.34. The number of hydrogen-bond donors (Lipinski definition) is 1. The molecule has 2 amide bonds. The second-order valence-corrected chi connectivity index (χ2v) is 9.81. The summed E-state index contributed by atoms with van der Waals surface area (Å²) in [6.45, 7) is 0.274. The standard InChI is InChI=1S/C25H18Cl2N2O4S2/c1-32-20-4-2-3-17(22(20)33-14-15-5-9-18(26)10-6-15)13-21-24(31)29(25(34)35-21)28-23(30)16-7-11-19(27)12-8-16/h2-13H,14H2,1H3,(H,28,30)/b21-13+. The van der Waals surface area contributed by atoms with Crippen molar-refractivity contribution >= 4 is 69.4 Å². The van der Waals surface area contributed by atoms with Gasteiger partial charge in [0.1, 0.15) is 6.61 Å². The number of methoxy groups -OCH3 is 1. The minimum absolute atomic E-state index is 0.204. The molecule has 0 aliphatic carbocycles. The van der Waals surface area contributed by atoms with Gasteiger partial charge < -0.3 is 9.47 Å². The number of ether oxygens (including phenoxy) is 2. The lowest BCUT2D eigenvalue weighted by Gasteiger charge is -2.16. The fourth-order valence-corrected chi connectivity index (χ4v) is 4.59. The van der Waals surface area contributed by atoms with Crippen LogP contribution in [0.1, 0.15) is 21.5 Å². The number of carbonyl (C=O) groups is 2.